The molecule has 152 valence electrons. The molecule has 28 heavy (non-hydrogen) atoms. The molecule has 4 rings (SSSR count). The monoisotopic (exact) mass is 424 g/mol. The highest BCUT2D eigenvalue weighted by Crippen LogP contribution is 2.29. The van der Waals surface area contributed by atoms with Gasteiger partial charge in [0.1, 0.15) is 5.82 Å². The summed E-state index contributed by atoms with van der Waals surface area (Å²) in [5, 5.41) is 7.61. The van der Waals surface area contributed by atoms with Crippen LogP contribution in [-0.2, 0) is 25.4 Å². The number of benzene rings is 1. The first-order chi connectivity index (χ1) is 12.5. The van der Waals surface area contributed by atoms with Crippen molar-refractivity contribution in [3.8, 4) is 0 Å². The summed E-state index contributed by atoms with van der Waals surface area (Å²) in [6, 6.07) is 8.04. The molecular weight excluding hydrogens is 399 g/mol. The van der Waals surface area contributed by atoms with Crippen LogP contribution < -0.4 is 5.32 Å². The number of nitrogens with zero attached hydrogens (tertiary/aromatic N) is 5. The van der Waals surface area contributed by atoms with Gasteiger partial charge in [0.25, 0.3) is 0 Å². The second kappa shape index (κ2) is 8.94. The number of imidazole rings is 1. The standard InChI is InChI=1S/C19H24N6O.2ClH/c1-23(12-18-22-16-6-4-5-7-17(16)25(18)3)19(26)15-10-20-9-14(15)13-8-21-24(2)11-13;;/h4-8,11,14-15,20H,9-10,12H2,1-3H3;2*1H/t14-,15+;;/m1../s1. The topological polar surface area (TPSA) is 68.0 Å². The predicted molar refractivity (Wildman–Crippen MR) is 114 cm³/mol. The molecule has 1 aromatic carbocycles. The van der Waals surface area contributed by atoms with Crippen LogP contribution in [0.1, 0.15) is 17.3 Å². The summed E-state index contributed by atoms with van der Waals surface area (Å²) >= 11 is 0. The molecule has 2 aromatic heterocycles. The van der Waals surface area contributed by atoms with Crippen molar-refractivity contribution in [1.82, 2.24) is 29.5 Å². The largest absolute Gasteiger partial charge is 0.338 e. The maximum absolute atomic E-state index is 13.1. The summed E-state index contributed by atoms with van der Waals surface area (Å²) in [6.45, 7) is 2.01. The fourth-order valence-corrected chi connectivity index (χ4v) is 3.83. The number of hydrogen-bond donors (Lipinski definition) is 1. The number of halogens is 2. The van der Waals surface area contributed by atoms with Gasteiger partial charge in [-0.25, -0.2) is 4.98 Å². The van der Waals surface area contributed by atoms with Gasteiger partial charge in [-0.3, -0.25) is 9.48 Å². The van der Waals surface area contributed by atoms with E-state index in [1.165, 1.54) is 0 Å². The van der Waals surface area contributed by atoms with Crippen LogP contribution in [0.25, 0.3) is 11.0 Å². The van der Waals surface area contributed by atoms with Crippen molar-refractivity contribution >= 4 is 41.8 Å². The zero-order valence-corrected chi connectivity index (χ0v) is 17.8. The molecule has 2 atom stereocenters. The molecule has 1 N–H and O–H groups in total. The number of rotatable bonds is 4. The molecule has 9 heteroatoms. The van der Waals surface area contributed by atoms with Gasteiger partial charge in [-0.1, -0.05) is 12.1 Å². The summed E-state index contributed by atoms with van der Waals surface area (Å²) < 4.78 is 3.85. The van der Waals surface area contributed by atoms with E-state index in [9.17, 15) is 4.79 Å². The Balaban J connectivity index is 0.00000140. The van der Waals surface area contributed by atoms with Gasteiger partial charge in [-0.15, -0.1) is 24.8 Å². The van der Waals surface area contributed by atoms with Crippen LogP contribution in [0.2, 0.25) is 0 Å². The predicted octanol–water partition coefficient (Wildman–Crippen LogP) is 2.11. The van der Waals surface area contributed by atoms with E-state index in [1.807, 2.05) is 57.8 Å². The second-order valence-corrected chi connectivity index (χ2v) is 7.09. The van der Waals surface area contributed by atoms with Gasteiger partial charge < -0.3 is 14.8 Å². The van der Waals surface area contributed by atoms with E-state index >= 15 is 0 Å². The Kier molecular flexibility index (Phi) is 7.09. The van der Waals surface area contributed by atoms with Gasteiger partial charge in [0, 0.05) is 46.3 Å². The average Bonchev–Trinajstić information content (AvgIpc) is 3.34. The molecule has 0 spiro atoms. The van der Waals surface area contributed by atoms with Crippen LogP contribution in [0.4, 0.5) is 0 Å². The minimum absolute atomic E-state index is 0. The number of carbonyl (C=O) groups excluding carboxylic acids is 1. The van der Waals surface area contributed by atoms with E-state index in [0.29, 0.717) is 13.1 Å². The van der Waals surface area contributed by atoms with E-state index in [0.717, 1.165) is 29.0 Å². The molecular formula is C19H26Cl2N6O. The van der Waals surface area contributed by atoms with Gasteiger partial charge in [0.15, 0.2) is 0 Å². The fraction of sp³-hybridized carbons (Fsp3) is 0.421. The first-order valence-electron chi connectivity index (χ1n) is 8.89. The number of nitrogens with one attached hydrogen (secondary N) is 1. The summed E-state index contributed by atoms with van der Waals surface area (Å²) in [5.41, 5.74) is 3.16. The quantitative estimate of drug-likeness (QED) is 0.696. The highest BCUT2D eigenvalue weighted by molar-refractivity contribution is 5.85. The molecule has 0 aliphatic carbocycles. The third kappa shape index (κ3) is 4.01. The first kappa shape index (κ1) is 22.2. The molecule has 3 heterocycles. The van der Waals surface area contributed by atoms with E-state index in [4.69, 9.17) is 0 Å². The first-order valence-corrected chi connectivity index (χ1v) is 8.89. The number of aryl methyl sites for hydroxylation is 2. The molecule has 0 unspecified atom stereocenters. The van der Waals surface area contributed by atoms with Crippen molar-refractivity contribution in [3.05, 3.63) is 48.0 Å². The van der Waals surface area contributed by atoms with Crippen molar-refractivity contribution in [2.24, 2.45) is 20.0 Å². The molecule has 0 bridgehead atoms. The van der Waals surface area contributed by atoms with Crippen LogP contribution in [0.5, 0.6) is 0 Å². The van der Waals surface area contributed by atoms with Gasteiger partial charge in [-0.05, 0) is 17.7 Å². The van der Waals surface area contributed by atoms with E-state index in [2.05, 4.69) is 20.0 Å². The Bertz CT molecular complexity index is 953. The third-order valence-electron chi connectivity index (χ3n) is 5.32. The smallest absolute Gasteiger partial charge is 0.227 e. The molecule has 1 saturated heterocycles. The molecule has 1 aliphatic rings. The van der Waals surface area contributed by atoms with Crippen molar-refractivity contribution in [3.63, 3.8) is 0 Å². The number of fused-ring (bicyclic) bond motifs is 1. The van der Waals surface area contributed by atoms with E-state index in [-0.39, 0.29) is 42.6 Å². The molecule has 3 aromatic rings. The number of amides is 1. The highest BCUT2D eigenvalue weighted by atomic mass is 35.5. The van der Waals surface area contributed by atoms with Gasteiger partial charge >= 0.3 is 0 Å². The number of aromatic nitrogens is 4. The Morgan fingerprint density at radius 1 is 1.25 bits per heavy atom. The van der Waals surface area contributed by atoms with Crippen LogP contribution in [0.15, 0.2) is 36.7 Å². The van der Waals surface area contributed by atoms with Gasteiger partial charge in [0.2, 0.25) is 5.91 Å². The lowest BCUT2D eigenvalue weighted by molar-refractivity contribution is -0.134. The average molecular weight is 425 g/mol. The Morgan fingerprint density at radius 3 is 2.68 bits per heavy atom. The number of para-hydroxylation sites is 2. The highest BCUT2D eigenvalue weighted by Gasteiger charge is 2.36. The molecule has 1 amide bonds. The zero-order valence-electron chi connectivity index (χ0n) is 16.2. The number of hydrogen-bond acceptors (Lipinski definition) is 4. The third-order valence-corrected chi connectivity index (χ3v) is 5.32. The summed E-state index contributed by atoms with van der Waals surface area (Å²) in [7, 11) is 5.76. The van der Waals surface area contributed by atoms with Crippen molar-refractivity contribution in [2.75, 3.05) is 20.1 Å². The minimum atomic E-state index is -0.0705. The fourth-order valence-electron chi connectivity index (χ4n) is 3.83. The SMILES string of the molecule is CN(Cc1nc2ccccc2n1C)C(=O)[C@H]1CNC[C@@H]1c1cnn(C)c1.Cl.Cl. The lowest BCUT2D eigenvalue weighted by Gasteiger charge is -2.24. The Morgan fingerprint density at radius 2 is 2.00 bits per heavy atom. The Labute approximate surface area is 176 Å². The van der Waals surface area contributed by atoms with E-state index < -0.39 is 0 Å². The number of carbonyl (C=O) groups is 1. The van der Waals surface area contributed by atoms with Crippen molar-refractivity contribution in [1.29, 1.82) is 0 Å². The molecule has 1 fully saturated rings. The van der Waals surface area contributed by atoms with E-state index in [1.54, 1.807) is 9.58 Å². The van der Waals surface area contributed by atoms with Crippen molar-refractivity contribution in [2.45, 2.75) is 12.5 Å². The van der Waals surface area contributed by atoms with Crippen LogP contribution in [-0.4, -0.2) is 50.3 Å². The maximum Gasteiger partial charge on any atom is 0.227 e. The Hall–Kier alpha value is -2.09. The second-order valence-electron chi connectivity index (χ2n) is 7.09. The lowest BCUT2D eigenvalue weighted by Crippen LogP contribution is -2.36. The lowest BCUT2D eigenvalue weighted by atomic mass is 9.90. The molecule has 1 aliphatic heterocycles. The molecule has 0 saturated carbocycles. The summed E-state index contributed by atoms with van der Waals surface area (Å²) in [4.78, 5) is 19.6. The normalized spacial score (nSPS) is 18.5. The zero-order chi connectivity index (χ0) is 18.3. The molecule has 0 radical (unpaired) electrons. The maximum atomic E-state index is 13.1. The molecule has 7 nitrogen and oxygen atoms in total. The van der Waals surface area contributed by atoms with Crippen LogP contribution in [0, 0.1) is 5.92 Å². The van der Waals surface area contributed by atoms with Gasteiger partial charge in [-0.2, -0.15) is 5.10 Å². The van der Waals surface area contributed by atoms with Crippen LogP contribution >= 0.6 is 24.8 Å². The van der Waals surface area contributed by atoms with Gasteiger partial charge in [0.05, 0.1) is 29.7 Å². The minimum Gasteiger partial charge on any atom is -0.338 e. The van der Waals surface area contributed by atoms with Crippen molar-refractivity contribution < 1.29 is 4.79 Å². The summed E-state index contributed by atoms with van der Waals surface area (Å²) in [5.74, 6) is 1.14. The van der Waals surface area contributed by atoms with Crippen LogP contribution in [0.3, 0.4) is 0 Å². The summed E-state index contributed by atoms with van der Waals surface area (Å²) in [6.07, 6.45) is 3.87.